The second-order valence-electron chi connectivity index (χ2n) is 4.20. The summed E-state index contributed by atoms with van der Waals surface area (Å²) in [5, 5.41) is 7.44. The predicted molar refractivity (Wildman–Crippen MR) is 65.5 cm³/mol. The van der Waals surface area contributed by atoms with Crippen LogP contribution < -0.4 is 10.5 Å². The van der Waals surface area contributed by atoms with Crippen LogP contribution in [0.2, 0.25) is 0 Å². The minimum Gasteiger partial charge on any atom is -0.493 e. The molecule has 0 bridgehead atoms. The van der Waals surface area contributed by atoms with Crippen molar-refractivity contribution in [2.24, 2.45) is 5.73 Å². The van der Waals surface area contributed by atoms with Crippen molar-refractivity contribution in [1.29, 1.82) is 5.41 Å². The summed E-state index contributed by atoms with van der Waals surface area (Å²) in [4.78, 5) is 4.14. The highest BCUT2D eigenvalue weighted by Gasteiger charge is 2.26. The second-order valence-corrected chi connectivity index (χ2v) is 4.20. The number of nitrogens with one attached hydrogen (secondary N) is 1. The highest BCUT2D eigenvalue weighted by atomic mass is 19.4. The summed E-state index contributed by atoms with van der Waals surface area (Å²) < 4.78 is 41.3. The van der Waals surface area contributed by atoms with E-state index in [1.165, 1.54) is 0 Å². The van der Waals surface area contributed by atoms with Gasteiger partial charge in [0.15, 0.2) is 0 Å². The smallest absolute Gasteiger partial charge is 0.389 e. The van der Waals surface area contributed by atoms with E-state index in [1.54, 1.807) is 19.9 Å². The number of aryl methyl sites for hydroxylation is 2. The monoisotopic (exact) mass is 275 g/mol. The average molecular weight is 275 g/mol. The van der Waals surface area contributed by atoms with Crippen LogP contribution in [0.3, 0.4) is 0 Å². The van der Waals surface area contributed by atoms with Gasteiger partial charge in [-0.3, -0.25) is 10.4 Å². The Morgan fingerprint density at radius 3 is 2.58 bits per heavy atom. The normalized spacial score (nSPS) is 11.4. The number of hydrogen-bond donors (Lipinski definition) is 2. The lowest BCUT2D eigenvalue weighted by Crippen LogP contribution is -2.17. The first-order valence-electron chi connectivity index (χ1n) is 5.73. The number of nitrogen functional groups attached to an aromatic ring is 1. The molecule has 0 amide bonds. The molecule has 1 heterocycles. The van der Waals surface area contributed by atoms with E-state index in [0.29, 0.717) is 22.7 Å². The average Bonchev–Trinajstić information content (AvgIpc) is 2.21. The van der Waals surface area contributed by atoms with Crippen LogP contribution in [0.5, 0.6) is 5.75 Å². The molecule has 0 aliphatic carbocycles. The van der Waals surface area contributed by atoms with E-state index in [-0.39, 0.29) is 18.9 Å². The lowest BCUT2D eigenvalue weighted by atomic mass is 10.1. The third-order valence-corrected chi connectivity index (χ3v) is 2.42. The van der Waals surface area contributed by atoms with Crippen molar-refractivity contribution in [3.8, 4) is 5.75 Å². The van der Waals surface area contributed by atoms with Crippen molar-refractivity contribution < 1.29 is 17.9 Å². The quantitative estimate of drug-likeness (QED) is 0.493. The number of pyridine rings is 1. The van der Waals surface area contributed by atoms with Crippen LogP contribution in [0.1, 0.15) is 29.8 Å². The molecule has 19 heavy (non-hydrogen) atoms. The van der Waals surface area contributed by atoms with Crippen molar-refractivity contribution in [3.63, 3.8) is 0 Å². The molecule has 7 heteroatoms. The van der Waals surface area contributed by atoms with Crippen LogP contribution in [0.15, 0.2) is 6.07 Å². The highest BCUT2D eigenvalue weighted by Crippen LogP contribution is 2.24. The van der Waals surface area contributed by atoms with Gasteiger partial charge in [0.25, 0.3) is 0 Å². The Morgan fingerprint density at radius 2 is 2.05 bits per heavy atom. The summed E-state index contributed by atoms with van der Waals surface area (Å²) in [5.41, 5.74) is 6.94. The molecule has 0 radical (unpaired) electrons. The third kappa shape index (κ3) is 4.76. The largest absolute Gasteiger partial charge is 0.493 e. The fourth-order valence-electron chi connectivity index (χ4n) is 1.69. The standard InChI is InChI=1S/C12H16F3N3O/c1-7-6-9(10(11(16)17)8(2)18-7)19-5-3-4-12(13,14)15/h6H,3-5H2,1-2H3,(H3,16,17). The Balaban J connectivity index is 2.75. The molecule has 0 aromatic carbocycles. The van der Waals surface area contributed by atoms with Crippen molar-refractivity contribution >= 4 is 5.84 Å². The Hall–Kier alpha value is -1.79. The fourth-order valence-corrected chi connectivity index (χ4v) is 1.69. The van der Waals surface area contributed by atoms with E-state index in [9.17, 15) is 13.2 Å². The molecule has 0 atom stereocenters. The van der Waals surface area contributed by atoms with Gasteiger partial charge in [0.05, 0.1) is 17.9 Å². The fraction of sp³-hybridized carbons (Fsp3) is 0.500. The number of nitrogens with two attached hydrogens (primary N) is 1. The Bertz CT molecular complexity index is 472. The minimum absolute atomic E-state index is 0.0807. The SMILES string of the molecule is Cc1cc(OCCCC(F)(F)F)c(C(=N)N)c(C)n1. The first-order valence-corrected chi connectivity index (χ1v) is 5.73. The van der Waals surface area contributed by atoms with Crippen molar-refractivity contribution in [3.05, 3.63) is 23.0 Å². The maximum atomic E-state index is 12.0. The van der Waals surface area contributed by atoms with Gasteiger partial charge in [-0.15, -0.1) is 0 Å². The summed E-state index contributed by atoms with van der Waals surface area (Å²) in [6, 6.07) is 1.57. The van der Waals surface area contributed by atoms with E-state index in [1.807, 2.05) is 0 Å². The predicted octanol–water partition coefficient (Wildman–Crippen LogP) is 2.70. The van der Waals surface area contributed by atoms with Crippen molar-refractivity contribution in [1.82, 2.24) is 4.98 Å². The lowest BCUT2D eigenvalue weighted by Gasteiger charge is -2.14. The molecular weight excluding hydrogens is 259 g/mol. The Kier molecular flexibility index (Phi) is 4.74. The van der Waals surface area contributed by atoms with Gasteiger partial charge >= 0.3 is 6.18 Å². The molecule has 0 unspecified atom stereocenters. The summed E-state index contributed by atoms with van der Waals surface area (Å²) in [6.07, 6.45) is -5.22. The van der Waals surface area contributed by atoms with E-state index >= 15 is 0 Å². The number of hydrogen-bond acceptors (Lipinski definition) is 3. The molecule has 0 spiro atoms. The molecule has 1 aromatic rings. The lowest BCUT2D eigenvalue weighted by molar-refractivity contribution is -0.136. The molecule has 0 aliphatic rings. The maximum absolute atomic E-state index is 12.0. The van der Waals surface area contributed by atoms with Gasteiger partial charge in [0, 0.05) is 18.2 Å². The zero-order chi connectivity index (χ0) is 14.6. The van der Waals surface area contributed by atoms with Gasteiger partial charge in [0.1, 0.15) is 11.6 Å². The van der Waals surface area contributed by atoms with Crippen LogP contribution in [-0.4, -0.2) is 23.6 Å². The molecule has 106 valence electrons. The van der Waals surface area contributed by atoms with Crippen molar-refractivity contribution in [2.45, 2.75) is 32.9 Å². The molecule has 4 nitrogen and oxygen atoms in total. The highest BCUT2D eigenvalue weighted by molar-refractivity contribution is 5.98. The summed E-state index contributed by atoms with van der Waals surface area (Å²) >= 11 is 0. The zero-order valence-corrected chi connectivity index (χ0v) is 10.8. The number of amidine groups is 1. The number of alkyl halides is 3. The zero-order valence-electron chi connectivity index (χ0n) is 10.8. The van der Waals surface area contributed by atoms with Gasteiger partial charge in [-0.1, -0.05) is 0 Å². The topological polar surface area (TPSA) is 72.0 Å². The summed E-state index contributed by atoms with van der Waals surface area (Å²) in [5.74, 6) is 0.0931. The Labute approximate surface area is 109 Å². The van der Waals surface area contributed by atoms with Crippen LogP contribution in [0.25, 0.3) is 0 Å². The van der Waals surface area contributed by atoms with Gasteiger partial charge in [-0.2, -0.15) is 13.2 Å². The van der Waals surface area contributed by atoms with Gasteiger partial charge in [-0.25, -0.2) is 0 Å². The molecule has 0 saturated carbocycles. The number of ether oxygens (including phenoxy) is 1. The second kappa shape index (κ2) is 5.90. The molecule has 0 fully saturated rings. The molecule has 3 N–H and O–H groups in total. The number of aromatic nitrogens is 1. The molecule has 1 aromatic heterocycles. The summed E-state index contributed by atoms with van der Waals surface area (Å²) in [6.45, 7) is 3.33. The van der Waals surface area contributed by atoms with E-state index in [2.05, 4.69) is 4.98 Å². The van der Waals surface area contributed by atoms with E-state index in [0.717, 1.165) is 0 Å². The van der Waals surface area contributed by atoms with Gasteiger partial charge < -0.3 is 10.5 Å². The first kappa shape index (κ1) is 15.3. The van der Waals surface area contributed by atoms with E-state index in [4.69, 9.17) is 15.9 Å². The number of rotatable bonds is 5. The first-order chi connectivity index (χ1) is 8.70. The summed E-state index contributed by atoms with van der Waals surface area (Å²) in [7, 11) is 0. The Morgan fingerprint density at radius 1 is 1.42 bits per heavy atom. The molecule has 0 aliphatic heterocycles. The van der Waals surface area contributed by atoms with Crippen LogP contribution >= 0.6 is 0 Å². The van der Waals surface area contributed by atoms with E-state index < -0.39 is 12.6 Å². The van der Waals surface area contributed by atoms with Crippen LogP contribution in [0, 0.1) is 19.3 Å². The number of halogens is 3. The van der Waals surface area contributed by atoms with Gasteiger partial charge in [-0.05, 0) is 20.3 Å². The number of nitrogens with zero attached hydrogens (tertiary/aromatic N) is 1. The van der Waals surface area contributed by atoms with Crippen LogP contribution in [-0.2, 0) is 0 Å². The molecule has 0 saturated heterocycles. The van der Waals surface area contributed by atoms with Gasteiger partial charge in [0.2, 0.25) is 0 Å². The molecular formula is C12H16F3N3O. The maximum Gasteiger partial charge on any atom is 0.389 e. The van der Waals surface area contributed by atoms with Crippen LogP contribution in [0.4, 0.5) is 13.2 Å². The third-order valence-electron chi connectivity index (χ3n) is 2.42. The molecule has 1 rings (SSSR count). The minimum atomic E-state index is -4.18. The van der Waals surface area contributed by atoms with Crippen molar-refractivity contribution in [2.75, 3.05) is 6.61 Å².